The molecule has 0 aliphatic rings. The molecule has 0 radical (unpaired) electrons. The SMILES string of the molecule is COc1ccc(C[C@H](C#N)O[Si](C)(C)C)cc1. The number of hydrogen-bond acceptors (Lipinski definition) is 3. The van der Waals surface area contributed by atoms with Crippen LogP contribution in [0, 0.1) is 11.3 Å². The topological polar surface area (TPSA) is 42.2 Å². The minimum Gasteiger partial charge on any atom is -0.497 e. The van der Waals surface area contributed by atoms with Crippen LogP contribution in [-0.4, -0.2) is 21.5 Å². The molecule has 92 valence electrons. The maximum atomic E-state index is 9.07. The number of nitrogens with zero attached hydrogens (tertiary/aromatic N) is 1. The van der Waals surface area contributed by atoms with E-state index in [-0.39, 0.29) is 6.10 Å². The summed E-state index contributed by atoms with van der Waals surface area (Å²) in [6, 6.07) is 9.96. The Morgan fingerprint density at radius 2 is 1.82 bits per heavy atom. The van der Waals surface area contributed by atoms with Gasteiger partial charge in [0.1, 0.15) is 11.9 Å². The summed E-state index contributed by atoms with van der Waals surface area (Å²) in [6.07, 6.45) is 0.278. The molecule has 0 unspecified atom stereocenters. The molecule has 0 bridgehead atoms. The van der Waals surface area contributed by atoms with Crippen molar-refractivity contribution in [3.8, 4) is 11.8 Å². The van der Waals surface area contributed by atoms with Crippen molar-refractivity contribution in [2.24, 2.45) is 0 Å². The molecule has 0 aliphatic heterocycles. The van der Waals surface area contributed by atoms with Gasteiger partial charge in [0, 0.05) is 6.42 Å². The van der Waals surface area contributed by atoms with Crippen LogP contribution in [0.2, 0.25) is 19.6 Å². The lowest BCUT2D eigenvalue weighted by atomic mass is 10.1. The fourth-order valence-corrected chi connectivity index (χ4v) is 2.51. The Bertz CT molecular complexity index is 389. The summed E-state index contributed by atoms with van der Waals surface area (Å²) in [5, 5.41) is 9.07. The van der Waals surface area contributed by atoms with Gasteiger partial charge in [-0.2, -0.15) is 5.26 Å². The zero-order valence-electron chi connectivity index (χ0n) is 10.9. The van der Waals surface area contributed by atoms with Crippen molar-refractivity contribution in [3.63, 3.8) is 0 Å². The summed E-state index contributed by atoms with van der Waals surface area (Å²) >= 11 is 0. The van der Waals surface area contributed by atoms with Gasteiger partial charge in [-0.25, -0.2) is 0 Å². The lowest BCUT2D eigenvalue weighted by Crippen LogP contribution is -2.32. The van der Waals surface area contributed by atoms with Crippen LogP contribution < -0.4 is 4.74 Å². The van der Waals surface area contributed by atoms with Gasteiger partial charge in [-0.3, -0.25) is 0 Å². The van der Waals surface area contributed by atoms with Crippen LogP contribution in [0.25, 0.3) is 0 Å². The quantitative estimate of drug-likeness (QED) is 0.753. The molecule has 1 aromatic carbocycles. The molecule has 4 heteroatoms. The van der Waals surface area contributed by atoms with E-state index >= 15 is 0 Å². The summed E-state index contributed by atoms with van der Waals surface area (Å²) in [6.45, 7) is 6.27. The summed E-state index contributed by atoms with van der Waals surface area (Å²) in [7, 11) is -0.0198. The first-order chi connectivity index (χ1) is 7.94. The molecule has 0 amide bonds. The molecule has 17 heavy (non-hydrogen) atoms. The molecule has 0 saturated heterocycles. The summed E-state index contributed by atoms with van der Waals surface area (Å²) < 4.78 is 10.9. The van der Waals surface area contributed by atoms with Crippen molar-refractivity contribution < 1.29 is 9.16 Å². The molecule has 0 heterocycles. The fraction of sp³-hybridized carbons (Fsp3) is 0.462. The maximum absolute atomic E-state index is 9.07. The number of methoxy groups -OCH3 is 1. The third-order valence-corrected chi connectivity index (χ3v) is 3.21. The molecule has 3 nitrogen and oxygen atoms in total. The van der Waals surface area contributed by atoms with E-state index in [0.29, 0.717) is 6.42 Å². The largest absolute Gasteiger partial charge is 0.497 e. The summed E-state index contributed by atoms with van der Waals surface area (Å²) in [5.74, 6) is 0.827. The Kier molecular flexibility index (Phi) is 4.73. The minimum atomic E-state index is -1.66. The Balaban J connectivity index is 2.65. The van der Waals surface area contributed by atoms with Crippen molar-refractivity contribution in [1.29, 1.82) is 5.26 Å². The van der Waals surface area contributed by atoms with Crippen LogP contribution in [-0.2, 0) is 10.8 Å². The second-order valence-electron chi connectivity index (χ2n) is 4.90. The van der Waals surface area contributed by atoms with Gasteiger partial charge in [0.05, 0.1) is 13.2 Å². The first-order valence-electron chi connectivity index (χ1n) is 5.65. The van der Waals surface area contributed by atoms with E-state index in [1.165, 1.54) is 0 Å². The minimum absolute atomic E-state index is 0.352. The molecule has 0 aromatic heterocycles. The van der Waals surface area contributed by atoms with Crippen LogP contribution in [0.1, 0.15) is 5.56 Å². The second-order valence-corrected chi connectivity index (χ2v) is 9.36. The maximum Gasteiger partial charge on any atom is 0.185 e. The van der Waals surface area contributed by atoms with Gasteiger partial charge in [-0.05, 0) is 37.3 Å². The van der Waals surface area contributed by atoms with Crippen molar-refractivity contribution in [3.05, 3.63) is 29.8 Å². The van der Waals surface area contributed by atoms with Gasteiger partial charge in [0.25, 0.3) is 0 Å². The predicted molar refractivity (Wildman–Crippen MR) is 70.5 cm³/mol. The third kappa shape index (κ3) is 5.03. The highest BCUT2D eigenvalue weighted by molar-refractivity contribution is 6.69. The predicted octanol–water partition coefficient (Wildman–Crippen LogP) is 2.98. The normalized spacial score (nSPS) is 12.9. The van der Waals surface area contributed by atoms with Gasteiger partial charge in [0.15, 0.2) is 8.32 Å². The molecule has 1 atom stereocenters. The number of nitriles is 1. The molecule has 0 fully saturated rings. The van der Waals surface area contributed by atoms with Gasteiger partial charge >= 0.3 is 0 Å². The highest BCUT2D eigenvalue weighted by Crippen LogP contribution is 2.15. The van der Waals surface area contributed by atoms with Gasteiger partial charge in [0.2, 0.25) is 0 Å². The Morgan fingerprint density at radius 3 is 2.24 bits per heavy atom. The van der Waals surface area contributed by atoms with Crippen molar-refractivity contribution in [2.75, 3.05) is 7.11 Å². The van der Waals surface area contributed by atoms with Crippen LogP contribution >= 0.6 is 0 Å². The van der Waals surface area contributed by atoms with Gasteiger partial charge in [-0.15, -0.1) is 0 Å². The highest BCUT2D eigenvalue weighted by Gasteiger charge is 2.20. The van der Waals surface area contributed by atoms with Crippen molar-refractivity contribution in [2.45, 2.75) is 32.2 Å². The number of benzene rings is 1. The number of ether oxygens (including phenoxy) is 1. The first kappa shape index (κ1) is 13.8. The van der Waals surface area contributed by atoms with Gasteiger partial charge < -0.3 is 9.16 Å². The van der Waals surface area contributed by atoms with Crippen molar-refractivity contribution >= 4 is 8.32 Å². The standard InChI is InChI=1S/C13H19NO2Si/c1-15-12-7-5-11(6-8-12)9-13(10-14)16-17(2,3)4/h5-8,13H,9H2,1-4H3/t13-/m1/s1. The lowest BCUT2D eigenvalue weighted by Gasteiger charge is -2.21. The molecule has 1 aromatic rings. The number of hydrogen-bond donors (Lipinski definition) is 0. The summed E-state index contributed by atoms with van der Waals surface area (Å²) in [5.41, 5.74) is 1.09. The van der Waals surface area contributed by atoms with E-state index in [9.17, 15) is 0 Å². The van der Waals surface area contributed by atoms with Crippen molar-refractivity contribution in [1.82, 2.24) is 0 Å². The average molecular weight is 249 g/mol. The first-order valence-corrected chi connectivity index (χ1v) is 9.06. The van der Waals surface area contributed by atoms with E-state index < -0.39 is 8.32 Å². The van der Waals surface area contributed by atoms with Crippen LogP contribution in [0.4, 0.5) is 0 Å². The molecular weight excluding hydrogens is 230 g/mol. The molecule has 1 rings (SSSR count). The lowest BCUT2D eigenvalue weighted by molar-refractivity contribution is 0.249. The molecule has 0 saturated carbocycles. The van der Waals surface area contributed by atoms with Crippen LogP contribution in [0.15, 0.2) is 24.3 Å². The summed E-state index contributed by atoms with van der Waals surface area (Å²) in [4.78, 5) is 0. The second kappa shape index (κ2) is 5.85. The van der Waals surface area contributed by atoms with E-state index in [1.54, 1.807) is 7.11 Å². The third-order valence-electron chi connectivity index (χ3n) is 2.22. The van der Waals surface area contributed by atoms with Crippen LogP contribution in [0.3, 0.4) is 0 Å². The molecule has 0 aliphatic carbocycles. The fourth-order valence-electron chi connectivity index (χ4n) is 1.52. The monoisotopic (exact) mass is 249 g/mol. The van der Waals surface area contributed by atoms with Crippen LogP contribution in [0.5, 0.6) is 5.75 Å². The Morgan fingerprint density at radius 1 is 1.24 bits per heavy atom. The Labute approximate surface area is 104 Å². The highest BCUT2D eigenvalue weighted by atomic mass is 28.4. The Hall–Kier alpha value is -1.31. The molecular formula is C13H19NO2Si. The van der Waals surface area contributed by atoms with E-state index in [1.807, 2.05) is 24.3 Å². The van der Waals surface area contributed by atoms with E-state index in [2.05, 4.69) is 25.7 Å². The zero-order chi connectivity index (χ0) is 12.9. The molecule has 0 N–H and O–H groups in total. The molecule has 0 spiro atoms. The zero-order valence-corrected chi connectivity index (χ0v) is 11.9. The van der Waals surface area contributed by atoms with E-state index in [0.717, 1.165) is 11.3 Å². The van der Waals surface area contributed by atoms with Gasteiger partial charge in [-0.1, -0.05) is 12.1 Å². The number of rotatable bonds is 5. The average Bonchev–Trinajstić information content (AvgIpc) is 2.27. The van der Waals surface area contributed by atoms with E-state index in [4.69, 9.17) is 14.4 Å². The smallest absolute Gasteiger partial charge is 0.185 e.